The molecule has 1 aromatic carbocycles. The number of halogens is 1. The topological polar surface area (TPSA) is 21.3 Å². The summed E-state index contributed by atoms with van der Waals surface area (Å²) >= 11 is 0. The van der Waals surface area contributed by atoms with Crippen LogP contribution in [-0.2, 0) is 4.74 Å². The van der Waals surface area contributed by atoms with E-state index in [1.54, 1.807) is 6.07 Å². The zero-order valence-corrected chi connectivity index (χ0v) is 9.92. The molecule has 2 nitrogen and oxygen atoms in total. The number of benzene rings is 1. The second-order valence-electron chi connectivity index (χ2n) is 5.15. The molecule has 1 unspecified atom stereocenters. The van der Waals surface area contributed by atoms with Gasteiger partial charge in [-0.25, -0.2) is 4.39 Å². The molecular formula is C14H18FNO. The van der Waals surface area contributed by atoms with Crippen molar-refractivity contribution in [1.29, 1.82) is 0 Å². The summed E-state index contributed by atoms with van der Waals surface area (Å²) in [7, 11) is 0. The minimum atomic E-state index is -0.158. The molecule has 1 saturated carbocycles. The first kappa shape index (κ1) is 11.2. The summed E-state index contributed by atoms with van der Waals surface area (Å²) in [6, 6.07) is 6.93. The average Bonchev–Trinajstić information content (AvgIpc) is 2.78. The lowest BCUT2D eigenvalue weighted by Crippen LogP contribution is -2.49. The number of hydrogen-bond donors (Lipinski definition) is 1. The molecule has 1 aliphatic carbocycles. The predicted octanol–water partition coefficient (Wildman–Crippen LogP) is 2.80. The third-order valence-electron chi connectivity index (χ3n) is 3.94. The van der Waals surface area contributed by atoms with Crippen LogP contribution in [0.4, 0.5) is 4.39 Å². The third-order valence-corrected chi connectivity index (χ3v) is 3.94. The molecule has 0 radical (unpaired) electrons. The Balaban J connectivity index is 1.82. The van der Waals surface area contributed by atoms with Crippen molar-refractivity contribution in [2.75, 3.05) is 13.1 Å². The molecule has 1 saturated heterocycles. The molecule has 2 aliphatic rings. The van der Waals surface area contributed by atoms with Gasteiger partial charge < -0.3 is 10.1 Å². The summed E-state index contributed by atoms with van der Waals surface area (Å²) in [6.45, 7) is 1.63. The Morgan fingerprint density at radius 2 is 2.00 bits per heavy atom. The van der Waals surface area contributed by atoms with Crippen LogP contribution >= 0.6 is 0 Å². The minimum absolute atomic E-state index is 0.0365. The van der Waals surface area contributed by atoms with Crippen molar-refractivity contribution in [3.05, 3.63) is 35.6 Å². The van der Waals surface area contributed by atoms with Gasteiger partial charge in [-0.05, 0) is 18.9 Å². The second kappa shape index (κ2) is 4.39. The highest BCUT2D eigenvalue weighted by Crippen LogP contribution is 2.39. The highest BCUT2D eigenvalue weighted by Gasteiger charge is 2.40. The van der Waals surface area contributed by atoms with Crippen molar-refractivity contribution in [3.8, 4) is 0 Å². The molecule has 1 aliphatic heterocycles. The van der Waals surface area contributed by atoms with Gasteiger partial charge in [0.05, 0.1) is 11.7 Å². The van der Waals surface area contributed by atoms with Gasteiger partial charge in [0.25, 0.3) is 0 Å². The maximum atomic E-state index is 13.7. The van der Waals surface area contributed by atoms with E-state index in [1.165, 1.54) is 18.9 Å². The van der Waals surface area contributed by atoms with E-state index in [9.17, 15) is 4.39 Å². The number of ether oxygens (including phenoxy) is 1. The highest BCUT2D eigenvalue weighted by molar-refractivity contribution is 5.21. The Morgan fingerprint density at radius 3 is 2.76 bits per heavy atom. The van der Waals surface area contributed by atoms with Crippen LogP contribution < -0.4 is 5.32 Å². The zero-order chi connectivity index (χ0) is 11.7. The zero-order valence-electron chi connectivity index (χ0n) is 9.92. The van der Waals surface area contributed by atoms with E-state index in [0.29, 0.717) is 12.1 Å². The second-order valence-corrected chi connectivity index (χ2v) is 5.15. The number of hydrogen-bond acceptors (Lipinski definition) is 2. The number of rotatable bonds is 1. The van der Waals surface area contributed by atoms with Gasteiger partial charge in [0, 0.05) is 18.7 Å². The van der Waals surface area contributed by atoms with Crippen molar-refractivity contribution in [1.82, 2.24) is 5.32 Å². The quantitative estimate of drug-likeness (QED) is 0.808. The largest absolute Gasteiger partial charge is 0.364 e. The average molecular weight is 235 g/mol. The molecule has 1 N–H and O–H groups in total. The fourth-order valence-electron chi connectivity index (χ4n) is 3.04. The Labute approximate surface area is 101 Å². The van der Waals surface area contributed by atoms with Crippen LogP contribution in [0.2, 0.25) is 0 Å². The Bertz CT molecular complexity index is 401. The van der Waals surface area contributed by atoms with Crippen LogP contribution in [0.25, 0.3) is 0 Å². The Hall–Kier alpha value is -0.930. The van der Waals surface area contributed by atoms with E-state index in [-0.39, 0.29) is 17.5 Å². The molecule has 92 valence electrons. The standard InChI is InChI=1S/C14H18FNO/c15-12-6-2-1-5-11(12)13-9-16-10-14(17-13)7-3-4-8-14/h1-2,5-6,13,16H,3-4,7-10H2. The van der Waals surface area contributed by atoms with E-state index in [4.69, 9.17) is 4.74 Å². The van der Waals surface area contributed by atoms with Gasteiger partial charge in [-0.1, -0.05) is 31.0 Å². The summed E-state index contributed by atoms with van der Waals surface area (Å²) in [6.07, 6.45) is 4.52. The highest BCUT2D eigenvalue weighted by atomic mass is 19.1. The number of morpholine rings is 1. The summed E-state index contributed by atoms with van der Waals surface area (Å²) < 4.78 is 19.9. The lowest BCUT2D eigenvalue weighted by atomic mass is 9.97. The maximum absolute atomic E-state index is 13.7. The normalized spacial score (nSPS) is 27.5. The molecule has 0 aromatic heterocycles. The van der Waals surface area contributed by atoms with E-state index in [1.807, 2.05) is 12.1 Å². The fourth-order valence-corrected chi connectivity index (χ4v) is 3.04. The molecule has 0 bridgehead atoms. The molecule has 0 amide bonds. The third kappa shape index (κ3) is 2.09. The van der Waals surface area contributed by atoms with Crippen molar-refractivity contribution >= 4 is 0 Å². The Kier molecular flexibility index (Phi) is 2.89. The first-order valence-electron chi connectivity index (χ1n) is 6.42. The molecule has 1 aromatic rings. The first-order chi connectivity index (χ1) is 8.29. The predicted molar refractivity (Wildman–Crippen MR) is 64.3 cm³/mol. The maximum Gasteiger partial charge on any atom is 0.129 e. The molecule has 1 atom stereocenters. The van der Waals surface area contributed by atoms with E-state index >= 15 is 0 Å². The number of nitrogens with one attached hydrogen (secondary N) is 1. The van der Waals surface area contributed by atoms with Crippen LogP contribution in [0.15, 0.2) is 24.3 Å². The molecule has 3 heteroatoms. The molecule has 3 rings (SSSR count). The summed E-state index contributed by atoms with van der Waals surface area (Å²) in [4.78, 5) is 0. The van der Waals surface area contributed by atoms with Crippen molar-refractivity contribution in [2.45, 2.75) is 37.4 Å². The Morgan fingerprint density at radius 1 is 1.24 bits per heavy atom. The molecule has 2 fully saturated rings. The lowest BCUT2D eigenvalue weighted by molar-refractivity contribution is -0.115. The summed E-state index contributed by atoms with van der Waals surface area (Å²) in [5, 5.41) is 3.40. The van der Waals surface area contributed by atoms with Crippen molar-refractivity contribution in [2.24, 2.45) is 0 Å². The lowest BCUT2D eigenvalue weighted by Gasteiger charge is -2.39. The van der Waals surface area contributed by atoms with E-state index in [2.05, 4.69) is 5.32 Å². The van der Waals surface area contributed by atoms with Gasteiger partial charge in [-0.2, -0.15) is 0 Å². The monoisotopic (exact) mass is 235 g/mol. The molecule has 17 heavy (non-hydrogen) atoms. The van der Waals surface area contributed by atoms with Gasteiger partial charge in [0.2, 0.25) is 0 Å². The van der Waals surface area contributed by atoms with Crippen LogP contribution in [0, 0.1) is 5.82 Å². The van der Waals surface area contributed by atoms with Crippen molar-refractivity contribution < 1.29 is 9.13 Å². The minimum Gasteiger partial charge on any atom is -0.364 e. The van der Waals surface area contributed by atoms with E-state index in [0.717, 1.165) is 19.4 Å². The van der Waals surface area contributed by atoms with Crippen LogP contribution in [0.5, 0.6) is 0 Å². The van der Waals surface area contributed by atoms with Gasteiger partial charge in [-0.3, -0.25) is 0 Å². The molecule has 1 heterocycles. The van der Waals surface area contributed by atoms with Crippen molar-refractivity contribution in [3.63, 3.8) is 0 Å². The van der Waals surface area contributed by atoms with Gasteiger partial charge in [0.1, 0.15) is 5.82 Å². The van der Waals surface area contributed by atoms with Gasteiger partial charge in [0.15, 0.2) is 0 Å². The fraction of sp³-hybridized carbons (Fsp3) is 0.571. The van der Waals surface area contributed by atoms with Crippen LogP contribution in [-0.4, -0.2) is 18.7 Å². The van der Waals surface area contributed by atoms with E-state index < -0.39 is 0 Å². The van der Waals surface area contributed by atoms with Gasteiger partial charge in [-0.15, -0.1) is 0 Å². The summed E-state index contributed by atoms with van der Waals surface area (Å²) in [5.41, 5.74) is 0.650. The summed E-state index contributed by atoms with van der Waals surface area (Å²) in [5.74, 6) is -0.158. The molecular weight excluding hydrogens is 217 g/mol. The van der Waals surface area contributed by atoms with Crippen LogP contribution in [0.3, 0.4) is 0 Å². The van der Waals surface area contributed by atoms with Crippen LogP contribution in [0.1, 0.15) is 37.4 Å². The first-order valence-corrected chi connectivity index (χ1v) is 6.42. The smallest absolute Gasteiger partial charge is 0.129 e. The molecule has 1 spiro atoms. The SMILES string of the molecule is Fc1ccccc1C1CNCC2(CCCC2)O1. The van der Waals surface area contributed by atoms with Gasteiger partial charge >= 0.3 is 0 Å².